The molecular weight excluding hydrogens is 332 g/mol. The Morgan fingerprint density at radius 3 is 2.54 bits per heavy atom. The molecule has 5 nitrogen and oxygen atoms in total. The van der Waals surface area contributed by atoms with Crippen LogP contribution < -0.4 is 9.47 Å². The Kier molecular flexibility index (Phi) is 6.56. The zero-order chi connectivity index (χ0) is 19.4. The first-order valence-electron chi connectivity index (χ1n) is 9.33. The summed E-state index contributed by atoms with van der Waals surface area (Å²) in [5.41, 5.74) is -0.110. The van der Waals surface area contributed by atoms with E-state index in [9.17, 15) is 9.90 Å². The first-order chi connectivity index (χ1) is 12.3. The Balaban J connectivity index is 2.34. The molecule has 0 amide bonds. The lowest BCUT2D eigenvalue weighted by Gasteiger charge is -2.43. The maximum atomic E-state index is 12.1. The second-order valence-electron chi connectivity index (χ2n) is 8.09. The molecule has 1 fully saturated rings. The van der Waals surface area contributed by atoms with E-state index in [4.69, 9.17) is 14.2 Å². The van der Waals surface area contributed by atoms with E-state index in [1.54, 1.807) is 14.2 Å². The minimum atomic E-state index is -0.536. The molecule has 2 rings (SSSR count). The molecule has 26 heavy (non-hydrogen) atoms. The number of ether oxygens (including phenoxy) is 3. The minimum Gasteiger partial charge on any atom is -0.493 e. The maximum Gasteiger partial charge on any atom is 0.311 e. The molecule has 0 aromatic heterocycles. The zero-order valence-corrected chi connectivity index (χ0v) is 16.6. The predicted octanol–water partition coefficient (Wildman–Crippen LogP) is 3.86. The highest BCUT2D eigenvalue weighted by Crippen LogP contribution is 2.48. The monoisotopic (exact) mass is 364 g/mol. The number of rotatable bonds is 6. The van der Waals surface area contributed by atoms with E-state index in [1.165, 1.54) is 0 Å². The summed E-state index contributed by atoms with van der Waals surface area (Å²) in [6, 6.07) is 5.76. The maximum absolute atomic E-state index is 12.1. The molecule has 1 N–H and O–H groups in total. The predicted molar refractivity (Wildman–Crippen MR) is 101 cm³/mol. The lowest BCUT2D eigenvalue weighted by Crippen LogP contribution is -2.44. The molecule has 1 aliphatic carbocycles. The van der Waals surface area contributed by atoms with Gasteiger partial charge in [-0.15, -0.1) is 0 Å². The Hall–Kier alpha value is -1.75. The van der Waals surface area contributed by atoms with Gasteiger partial charge >= 0.3 is 5.97 Å². The number of benzene rings is 1. The van der Waals surface area contributed by atoms with Gasteiger partial charge in [-0.3, -0.25) is 4.79 Å². The van der Waals surface area contributed by atoms with Crippen molar-refractivity contribution in [3.05, 3.63) is 23.8 Å². The molecule has 0 unspecified atom stereocenters. The summed E-state index contributed by atoms with van der Waals surface area (Å²) in [5.74, 6) is 1.07. The van der Waals surface area contributed by atoms with Gasteiger partial charge in [-0.05, 0) is 46.1 Å². The summed E-state index contributed by atoms with van der Waals surface area (Å²) in [5, 5.41) is 10.9. The first kappa shape index (κ1) is 20.6. The van der Waals surface area contributed by atoms with Crippen LogP contribution in [-0.4, -0.2) is 38.0 Å². The van der Waals surface area contributed by atoms with Crippen LogP contribution in [0.4, 0.5) is 0 Å². The quantitative estimate of drug-likeness (QED) is 0.777. The number of carbonyl (C=O) groups excluding carboxylic acids is 1. The summed E-state index contributed by atoms with van der Waals surface area (Å²) in [4.78, 5) is 12.1. The second-order valence-corrected chi connectivity index (χ2v) is 8.09. The first-order valence-corrected chi connectivity index (χ1v) is 9.33. The van der Waals surface area contributed by atoms with Crippen molar-refractivity contribution < 1.29 is 24.1 Å². The molecule has 1 aromatic carbocycles. The van der Waals surface area contributed by atoms with Gasteiger partial charge in [0.1, 0.15) is 0 Å². The Morgan fingerprint density at radius 2 is 1.96 bits per heavy atom. The Morgan fingerprint density at radius 1 is 1.23 bits per heavy atom. The molecule has 2 atom stereocenters. The van der Waals surface area contributed by atoms with Crippen LogP contribution in [0.25, 0.3) is 0 Å². The van der Waals surface area contributed by atoms with E-state index in [0.29, 0.717) is 17.9 Å². The molecule has 0 spiro atoms. The van der Waals surface area contributed by atoms with Gasteiger partial charge in [-0.1, -0.05) is 25.0 Å². The molecule has 0 radical (unpaired) electrons. The molecule has 0 aliphatic heterocycles. The van der Waals surface area contributed by atoms with Crippen molar-refractivity contribution in [3.63, 3.8) is 0 Å². The van der Waals surface area contributed by atoms with Crippen LogP contribution in [0, 0.1) is 5.41 Å². The number of methoxy groups -OCH3 is 2. The van der Waals surface area contributed by atoms with Crippen LogP contribution in [0.3, 0.4) is 0 Å². The van der Waals surface area contributed by atoms with E-state index in [2.05, 4.69) is 0 Å². The van der Waals surface area contributed by atoms with Crippen LogP contribution in [0.5, 0.6) is 11.5 Å². The summed E-state index contributed by atoms with van der Waals surface area (Å²) in [6.07, 6.45) is 3.62. The average Bonchev–Trinajstić information content (AvgIpc) is 2.61. The zero-order valence-electron chi connectivity index (χ0n) is 16.6. The van der Waals surface area contributed by atoms with Gasteiger partial charge in [0.05, 0.1) is 32.3 Å². The molecule has 0 saturated heterocycles. The number of para-hydroxylation sites is 1. The van der Waals surface area contributed by atoms with Gasteiger partial charge < -0.3 is 19.3 Å². The molecular formula is C21H32O5. The van der Waals surface area contributed by atoms with Crippen molar-refractivity contribution in [2.45, 2.75) is 64.4 Å². The number of hydrogen-bond acceptors (Lipinski definition) is 5. The summed E-state index contributed by atoms with van der Waals surface area (Å²) in [7, 11) is 3.22. The van der Waals surface area contributed by atoms with Crippen LogP contribution in [0.1, 0.15) is 58.4 Å². The van der Waals surface area contributed by atoms with E-state index in [-0.39, 0.29) is 12.6 Å². The van der Waals surface area contributed by atoms with Crippen LogP contribution in [-0.2, 0) is 14.9 Å². The molecule has 1 aromatic rings. The van der Waals surface area contributed by atoms with Gasteiger partial charge in [0.2, 0.25) is 0 Å². The minimum absolute atomic E-state index is 0.226. The number of esters is 1. The Bertz CT molecular complexity index is 619. The number of aliphatic hydroxyl groups is 1. The Labute approximate surface area is 156 Å². The molecule has 5 heteroatoms. The number of carbonyl (C=O) groups is 1. The SMILES string of the molecule is COc1cccc([C@@]2(CCOC(=O)C(C)(C)C)CCCC[C@H]2O)c1OC. The van der Waals surface area contributed by atoms with Crippen LogP contribution in [0.2, 0.25) is 0 Å². The topological polar surface area (TPSA) is 65.0 Å². The standard InChI is InChI=1S/C21H32O5/c1-20(2,3)19(23)26-14-13-21(12-7-6-11-17(21)22)15-9-8-10-16(24-4)18(15)25-5/h8-10,17,22H,6-7,11-14H2,1-5H3/t17-,21+/m1/s1. The molecule has 0 heterocycles. The van der Waals surface area contributed by atoms with E-state index in [1.807, 2.05) is 39.0 Å². The highest BCUT2D eigenvalue weighted by molar-refractivity contribution is 5.75. The van der Waals surface area contributed by atoms with Crippen molar-refractivity contribution in [2.75, 3.05) is 20.8 Å². The third-order valence-electron chi connectivity index (χ3n) is 5.32. The highest BCUT2D eigenvalue weighted by Gasteiger charge is 2.44. The second kappa shape index (κ2) is 8.30. The smallest absolute Gasteiger partial charge is 0.311 e. The van der Waals surface area contributed by atoms with Gasteiger partial charge in [0.25, 0.3) is 0 Å². The fourth-order valence-corrected chi connectivity index (χ4v) is 3.78. The third kappa shape index (κ3) is 4.14. The highest BCUT2D eigenvalue weighted by atomic mass is 16.5. The van der Waals surface area contributed by atoms with Crippen LogP contribution in [0.15, 0.2) is 18.2 Å². The third-order valence-corrected chi connectivity index (χ3v) is 5.32. The fraction of sp³-hybridized carbons (Fsp3) is 0.667. The lowest BCUT2D eigenvalue weighted by molar-refractivity contribution is -0.154. The van der Waals surface area contributed by atoms with Gasteiger partial charge in [0.15, 0.2) is 11.5 Å². The van der Waals surface area contributed by atoms with E-state index in [0.717, 1.165) is 31.2 Å². The number of hydrogen-bond donors (Lipinski definition) is 1. The van der Waals surface area contributed by atoms with Gasteiger partial charge in [0, 0.05) is 11.0 Å². The lowest BCUT2D eigenvalue weighted by atomic mass is 9.65. The largest absolute Gasteiger partial charge is 0.493 e. The molecule has 146 valence electrons. The molecule has 1 saturated carbocycles. The normalized spacial score (nSPS) is 23.4. The van der Waals surface area contributed by atoms with Crippen molar-refractivity contribution in [1.82, 2.24) is 0 Å². The van der Waals surface area contributed by atoms with Crippen molar-refractivity contribution in [2.24, 2.45) is 5.41 Å². The number of aliphatic hydroxyl groups excluding tert-OH is 1. The molecule has 1 aliphatic rings. The van der Waals surface area contributed by atoms with E-state index >= 15 is 0 Å². The average molecular weight is 364 g/mol. The summed E-state index contributed by atoms with van der Waals surface area (Å²) >= 11 is 0. The van der Waals surface area contributed by atoms with Gasteiger partial charge in [-0.2, -0.15) is 0 Å². The van der Waals surface area contributed by atoms with Gasteiger partial charge in [-0.25, -0.2) is 0 Å². The van der Waals surface area contributed by atoms with Crippen molar-refractivity contribution >= 4 is 5.97 Å². The van der Waals surface area contributed by atoms with Crippen molar-refractivity contribution in [1.29, 1.82) is 0 Å². The molecule has 0 bridgehead atoms. The van der Waals surface area contributed by atoms with E-state index < -0.39 is 16.9 Å². The van der Waals surface area contributed by atoms with Crippen LogP contribution >= 0.6 is 0 Å². The summed E-state index contributed by atoms with van der Waals surface area (Å²) < 4.78 is 16.6. The van der Waals surface area contributed by atoms with Crippen molar-refractivity contribution in [3.8, 4) is 11.5 Å². The summed E-state index contributed by atoms with van der Waals surface area (Å²) in [6.45, 7) is 5.79. The fourth-order valence-electron chi connectivity index (χ4n) is 3.78.